The summed E-state index contributed by atoms with van der Waals surface area (Å²) in [6.07, 6.45) is -0.130. The van der Waals surface area contributed by atoms with Crippen LogP contribution in [0.2, 0.25) is 0 Å². The molecular weight excluding hydrogens is 166 g/mol. The molecule has 2 amide bonds. The summed E-state index contributed by atoms with van der Waals surface area (Å²) < 4.78 is 24.3. The van der Waals surface area contributed by atoms with Crippen LogP contribution in [0.4, 0.5) is 13.6 Å². The summed E-state index contributed by atoms with van der Waals surface area (Å²) in [5, 5.41) is 0. The van der Waals surface area contributed by atoms with Gasteiger partial charge in [0.25, 0.3) is 6.08 Å². The quantitative estimate of drug-likeness (QED) is 0.599. The van der Waals surface area contributed by atoms with Gasteiger partial charge in [-0.05, 0) is 19.3 Å². The van der Waals surface area contributed by atoms with E-state index in [1.165, 1.54) is 0 Å². The van der Waals surface area contributed by atoms with Crippen LogP contribution in [0.15, 0.2) is 11.8 Å². The lowest BCUT2D eigenvalue weighted by Crippen LogP contribution is -2.38. The van der Waals surface area contributed by atoms with Gasteiger partial charge in [0.1, 0.15) is 0 Å². The van der Waals surface area contributed by atoms with Crippen molar-refractivity contribution in [1.29, 1.82) is 0 Å². The van der Waals surface area contributed by atoms with Crippen LogP contribution in [0, 0.1) is 0 Å². The number of hydrogen-bond acceptors (Lipinski definition) is 1. The number of likely N-dealkylation sites (tertiary alicyclic amines) is 1. The maximum absolute atomic E-state index is 12.2. The van der Waals surface area contributed by atoms with E-state index in [1.807, 2.05) is 0 Å². The van der Waals surface area contributed by atoms with Gasteiger partial charge in [0.15, 0.2) is 0 Å². The zero-order valence-corrected chi connectivity index (χ0v) is 6.52. The molecule has 0 bridgehead atoms. The van der Waals surface area contributed by atoms with Crippen molar-refractivity contribution in [2.24, 2.45) is 5.73 Å². The largest absolute Gasteiger partial charge is 0.351 e. The van der Waals surface area contributed by atoms with Crippen molar-refractivity contribution in [2.45, 2.75) is 19.3 Å². The second kappa shape index (κ2) is 3.51. The maximum atomic E-state index is 12.2. The minimum atomic E-state index is -1.80. The monoisotopic (exact) mass is 176 g/mol. The number of hydrogen-bond donors (Lipinski definition) is 1. The van der Waals surface area contributed by atoms with E-state index in [9.17, 15) is 13.6 Å². The molecule has 0 radical (unpaired) electrons. The lowest BCUT2D eigenvalue weighted by atomic mass is 10.1. The summed E-state index contributed by atoms with van der Waals surface area (Å²) in [7, 11) is 0. The van der Waals surface area contributed by atoms with E-state index in [4.69, 9.17) is 5.73 Å². The Balaban J connectivity index is 2.82. The number of carbonyl (C=O) groups is 1. The van der Waals surface area contributed by atoms with E-state index in [0.29, 0.717) is 13.0 Å². The minimum absolute atomic E-state index is 0.214. The fourth-order valence-corrected chi connectivity index (χ4v) is 1.27. The number of rotatable bonds is 0. The number of amides is 2. The number of primary amides is 1. The van der Waals surface area contributed by atoms with Crippen LogP contribution in [0.3, 0.4) is 0 Å². The van der Waals surface area contributed by atoms with Crippen LogP contribution >= 0.6 is 0 Å². The van der Waals surface area contributed by atoms with E-state index in [-0.39, 0.29) is 12.1 Å². The van der Waals surface area contributed by atoms with Crippen LogP contribution in [0.5, 0.6) is 0 Å². The van der Waals surface area contributed by atoms with Crippen molar-refractivity contribution < 1.29 is 13.6 Å². The van der Waals surface area contributed by atoms with Gasteiger partial charge in [-0.25, -0.2) is 4.79 Å². The minimum Gasteiger partial charge on any atom is -0.351 e. The highest BCUT2D eigenvalue weighted by molar-refractivity contribution is 5.74. The summed E-state index contributed by atoms with van der Waals surface area (Å²) >= 11 is 0. The van der Waals surface area contributed by atoms with Crippen molar-refractivity contribution in [3.63, 3.8) is 0 Å². The fraction of sp³-hybridized carbons (Fsp3) is 0.571. The third-order valence-electron chi connectivity index (χ3n) is 1.86. The second-order valence-corrected chi connectivity index (χ2v) is 2.65. The highest BCUT2D eigenvalue weighted by Gasteiger charge is 2.22. The zero-order chi connectivity index (χ0) is 9.14. The third kappa shape index (κ3) is 1.72. The van der Waals surface area contributed by atoms with Gasteiger partial charge in [0, 0.05) is 6.54 Å². The Morgan fingerprint density at radius 2 is 2.08 bits per heavy atom. The molecule has 1 rings (SSSR count). The summed E-state index contributed by atoms with van der Waals surface area (Å²) in [5.74, 6) is 0. The predicted molar refractivity (Wildman–Crippen MR) is 39.4 cm³/mol. The molecule has 2 N–H and O–H groups in total. The number of urea groups is 1. The Labute approximate surface area is 68.8 Å². The molecule has 0 aliphatic carbocycles. The second-order valence-electron chi connectivity index (χ2n) is 2.65. The first-order chi connectivity index (χ1) is 5.63. The molecule has 0 atom stereocenters. The molecule has 1 aliphatic heterocycles. The predicted octanol–water partition coefficient (Wildman–Crippen LogP) is 1.66. The first-order valence-electron chi connectivity index (χ1n) is 3.74. The number of halogens is 2. The van der Waals surface area contributed by atoms with Crippen molar-refractivity contribution >= 4 is 6.03 Å². The lowest BCUT2D eigenvalue weighted by molar-refractivity contribution is 0.206. The van der Waals surface area contributed by atoms with E-state index in [0.717, 1.165) is 11.3 Å². The van der Waals surface area contributed by atoms with Gasteiger partial charge in [0.05, 0.1) is 5.70 Å². The first kappa shape index (κ1) is 8.96. The summed E-state index contributed by atoms with van der Waals surface area (Å²) in [6.45, 7) is 0.308. The number of piperidine rings is 1. The van der Waals surface area contributed by atoms with Gasteiger partial charge >= 0.3 is 6.03 Å². The first-order valence-corrected chi connectivity index (χ1v) is 3.74. The normalized spacial score (nSPS) is 17.8. The molecule has 0 unspecified atom stereocenters. The van der Waals surface area contributed by atoms with Gasteiger partial charge in [-0.15, -0.1) is 0 Å². The fourth-order valence-electron chi connectivity index (χ4n) is 1.27. The molecule has 1 heterocycles. The van der Waals surface area contributed by atoms with E-state index in [1.54, 1.807) is 0 Å². The average molecular weight is 176 g/mol. The van der Waals surface area contributed by atoms with Crippen LogP contribution < -0.4 is 5.73 Å². The van der Waals surface area contributed by atoms with E-state index in [2.05, 4.69) is 0 Å². The van der Waals surface area contributed by atoms with Crippen LogP contribution in [0.25, 0.3) is 0 Å². The Morgan fingerprint density at radius 3 is 2.50 bits per heavy atom. The molecule has 0 saturated carbocycles. The van der Waals surface area contributed by atoms with Crippen LogP contribution in [0.1, 0.15) is 19.3 Å². The molecule has 0 aromatic rings. The van der Waals surface area contributed by atoms with E-state index >= 15 is 0 Å². The SMILES string of the molecule is NC(=O)N1CCCCC1=C(F)F. The summed E-state index contributed by atoms with van der Waals surface area (Å²) in [4.78, 5) is 11.6. The topological polar surface area (TPSA) is 46.3 Å². The Kier molecular flexibility index (Phi) is 2.62. The van der Waals surface area contributed by atoms with Crippen LogP contribution in [-0.2, 0) is 0 Å². The molecule has 0 aromatic carbocycles. The third-order valence-corrected chi connectivity index (χ3v) is 1.86. The lowest BCUT2D eigenvalue weighted by Gasteiger charge is -2.26. The number of carbonyl (C=O) groups excluding carboxylic acids is 1. The van der Waals surface area contributed by atoms with E-state index < -0.39 is 12.1 Å². The number of allylic oxidation sites excluding steroid dienone is 1. The van der Waals surface area contributed by atoms with Crippen molar-refractivity contribution in [2.75, 3.05) is 6.54 Å². The smallest absolute Gasteiger partial charge is 0.319 e. The molecule has 0 spiro atoms. The average Bonchev–Trinajstić information content (AvgIpc) is 2.04. The molecule has 5 heteroatoms. The van der Waals surface area contributed by atoms with Gasteiger partial charge < -0.3 is 5.73 Å². The molecule has 1 aliphatic rings. The standard InChI is InChI=1S/C7H10F2N2O/c8-6(9)5-3-1-2-4-11(5)7(10)12/h1-4H2,(H2,10,12). The highest BCUT2D eigenvalue weighted by atomic mass is 19.3. The Morgan fingerprint density at radius 1 is 1.42 bits per heavy atom. The Hall–Kier alpha value is -1.13. The molecule has 3 nitrogen and oxygen atoms in total. The van der Waals surface area contributed by atoms with Gasteiger partial charge in [0.2, 0.25) is 0 Å². The highest BCUT2D eigenvalue weighted by Crippen LogP contribution is 2.24. The molecule has 68 valence electrons. The van der Waals surface area contributed by atoms with Crippen molar-refractivity contribution in [3.8, 4) is 0 Å². The van der Waals surface area contributed by atoms with Gasteiger partial charge in [-0.3, -0.25) is 4.90 Å². The number of nitrogens with two attached hydrogens (primary N) is 1. The van der Waals surface area contributed by atoms with Crippen molar-refractivity contribution in [1.82, 2.24) is 4.90 Å². The summed E-state index contributed by atoms with van der Waals surface area (Å²) in [5.41, 5.74) is 4.70. The van der Waals surface area contributed by atoms with Gasteiger partial charge in [-0.2, -0.15) is 8.78 Å². The molecule has 1 fully saturated rings. The summed E-state index contributed by atoms with van der Waals surface area (Å²) in [6, 6.07) is -0.794. The van der Waals surface area contributed by atoms with Crippen LogP contribution in [-0.4, -0.2) is 17.5 Å². The van der Waals surface area contributed by atoms with Gasteiger partial charge in [-0.1, -0.05) is 0 Å². The maximum Gasteiger partial charge on any atom is 0.319 e. The zero-order valence-electron chi connectivity index (χ0n) is 6.52. The molecule has 1 saturated heterocycles. The molecular formula is C7H10F2N2O. The molecule has 0 aromatic heterocycles. The molecule has 12 heavy (non-hydrogen) atoms. The Bertz CT molecular complexity index is 223. The van der Waals surface area contributed by atoms with Crippen molar-refractivity contribution in [3.05, 3.63) is 11.8 Å². The number of nitrogens with zero attached hydrogens (tertiary/aromatic N) is 1.